The van der Waals surface area contributed by atoms with Crippen molar-refractivity contribution >= 4 is 23.6 Å². The molecule has 0 saturated heterocycles. The standard InChI is InChI=1S/C14H20ClN3O/c1-6-18(9-10(2)3)13(19)8-7-12-11(4)16-17(5)14(12)15/h7-8H,2,6,9H2,1,3-5H3/b8-7+. The van der Waals surface area contributed by atoms with Crippen molar-refractivity contribution < 1.29 is 4.79 Å². The number of hydrogen-bond donors (Lipinski definition) is 0. The number of halogens is 1. The zero-order chi connectivity index (χ0) is 14.6. The molecule has 4 nitrogen and oxygen atoms in total. The number of amides is 1. The van der Waals surface area contributed by atoms with Gasteiger partial charge in [-0.2, -0.15) is 5.10 Å². The third-order valence-electron chi connectivity index (χ3n) is 2.74. The first-order valence-corrected chi connectivity index (χ1v) is 6.55. The van der Waals surface area contributed by atoms with Crippen molar-refractivity contribution in [1.29, 1.82) is 0 Å². The Labute approximate surface area is 119 Å². The van der Waals surface area contributed by atoms with E-state index in [-0.39, 0.29) is 5.91 Å². The molecule has 19 heavy (non-hydrogen) atoms. The molecule has 0 aromatic carbocycles. The summed E-state index contributed by atoms with van der Waals surface area (Å²) in [5.74, 6) is -0.0511. The van der Waals surface area contributed by atoms with Crippen molar-refractivity contribution in [2.45, 2.75) is 20.8 Å². The number of likely N-dealkylation sites (N-methyl/N-ethyl adjacent to an activating group) is 1. The predicted octanol–water partition coefficient (Wildman–Crippen LogP) is 2.82. The second-order valence-electron chi connectivity index (χ2n) is 4.56. The van der Waals surface area contributed by atoms with Gasteiger partial charge in [-0.15, -0.1) is 0 Å². The number of nitrogens with zero attached hydrogens (tertiary/aromatic N) is 3. The molecule has 1 amide bonds. The second-order valence-corrected chi connectivity index (χ2v) is 4.91. The van der Waals surface area contributed by atoms with Crippen LogP contribution in [0.5, 0.6) is 0 Å². The first-order valence-electron chi connectivity index (χ1n) is 6.17. The molecule has 1 heterocycles. The minimum absolute atomic E-state index is 0.0511. The minimum Gasteiger partial charge on any atom is -0.335 e. The van der Waals surface area contributed by atoms with Crippen LogP contribution in [-0.2, 0) is 11.8 Å². The molecule has 1 aromatic heterocycles. The molecule has 0 aliphatic carbocycles. The van der Waals surface area contributed by atoms with Crippen LogP contribution in [0.2, 0.25) is 5.15 Å². The zero-order valence-electron chi connectivity index (χ0n) is 11.9. The number of aromatic nitrogens is 2. The van der Waals surface area contributed by atoms with Crippen LogP contribution < -0.4 is 0 Å². The quantitative estimate of drug-likeness (QED) is 0.615. The first-order chi connectivity index (χ1) is 8.86. The Morgan fingerprint density at radius 2 is 2.21 bits per heavy atom. The van der Waals surface area contributed by atoms with E-state index in [2.05, 4.69) is 11.7 Å². The maximum absolute atomic E-state index is 12.0. The summed E-state index contributed by atoms with van der Waals surface area (Å²) >= 11 is 6.11. The first kappa shape index (κ1) is 15.5. The van der Waals surface area contributed by atoms with Gasteiger partial charge in [-0.3, -0.25) is 9.48 Å². The van der Waals surface area contributed by atoms with Crippen molar-refractivity contribution in [1.82, 2.24) is 14.7 Å². The van der Waals surface area contributed by atoms with Gasteiger partial charge in [0.2, 0.25) is 5.91 Å². The van der Waals surface area contributed by atoms with Gasteiger partial charge >= 0.3 is 0 Å². The van der Waals surface area contributed by atoms with E-state index in [1.807, 2.05) is 20.8 Å². The molecule has 1 aromatic rings. The monoisotopic (exact) mass is 281 g/mol. The highest BCUT2D eigenvalue weighted by molar-refractivity contribution is 6.31. The van der Waals surface area contributed by atoms with Gasteiger partial charge in [0, 0.05) is 31.8 Å². The van der Waals surface area contributed by atoms with Crippen molar-refractivity contribution in [3.05, 3.63) is 34.6 Å². The third-order valence-corrected chi connectivity index (χ3v) is 3.19. The SMILES string of the molecule is C=C(C)CN(CC)C(=O)/C=C/c1c(C)nn(C)c1Cl. The molecule has 0 aliphatic rings. The Hall–Kier alpha value is -1.55. The molecule has 0 N–H and O–H groups in total. The maximum atomic E-state index is 12.0. The lowest BCUT2D eigenvalue weighted by atomic mass is 10.2. The number of carbonyl (C=O) groups excluding carboxylic acids is 1. The highest BCUT2D eigenvalue weighted by Gasteiger charge is 2.11. The minimum atomic E-state index is -0.0511. The van der Waals surface area contributed by atoms with E-state index in [1.54, 1.807) is 22.7 Å². The van der Waals surface area contributed by atoms with E-state index in [1.165, 1.54) is 6.08 Å². The summed E-state index contributed by atoms with van der Waals surface area (Å²) in [6.45, 7) is 10.7. The Morgan fingerprint density at radius 3 is 2.63 bits per heavy atom. The Kier molecular flexibility index (Phi) is 5.36. The van der Waals surface area contributed by atoms with Gasteiger partial charge in [0.25, 0.3) is 0 Å². The van der Waals surface area contributed by atoms with Gasteiger partial charge in [0.15, 0.2) is 0 Å². The van der Waals surface area contributed by atoms with Crippen molar-refractivity contribution in [2.24, 2.45) is 7.05 Å². The summed E-state index contributed by atoms with van der Waals surface area (Å²) in [4.78, 5) is 13.8. The zero-order valence-corrected chi connectivity index (χ0v) is 12.7. The van der Waals surface area contributed by atoms with Crippen molar-refractivity contribution in [2.75, 3.05) is 13.1 Å². The predicted molar refractivity (Wildman–Crippen MR) is 79.1 cm³/mol. The molecule has 0 spiro atoms. The molecule has 1 rings (SSSR count). The summed E-state index contributed by atoms with van der Waals surface area (Å²) < 4.78 is 1.59. The van der Waals surface area contributed by atoms with E-state index < -0.39 is 0 Å². The summed E-state index contributed by atoms with van der Waals surface area (Å²) in [6, 6.07) is 0. The summed E-state index contributed by atoms with van der Waals surface area (Å²) in [6.07, 6.45) is 3.25. The van der Waals surface area contributed by atoms with Crippen LogP contribution in [0.25, 0.3) is 6.08 Å². The molecule has 0 atom stereocenters. The van der Waals surface area contributed by atoms with Crippen LogP contribution >= 0.6 is 11.6 Å². The third kappa shape index (κ3) is 3.96. The average Bonchev–Trinajstić information content (AvgIpc) is 2.57. The van der Waals surface area contributed by atoms with Crippen LogP contribution in [-0.4, -0.2) is 33.7 Å². The summed E-state index contributed by atoms with van der Waals surface area (Å²) in [5.41, 5.74) is 2.54. The van der Waals surface area contributed by atoms with Crippen LogP contribution in [0.3, 0.4) is 0 Å². The van der Waals surface area contributed by atoms with Crippen LogP contribution in [0.1, 0.15) is 25.1 Å². The maximum Gasteiger partial charge on any atom is 0.246 e. The van der Waals surface area contributed by atoms with E-state index in [9.17, 15) is 4.79 Å². The highest BCUT2D eigenvalue weighted by Crippen LogP contribution is 2.20. The van der Waals surface area contributed by atoms with Crippen LogP contribution in [0.15, 0.2) is 18.2 Å². The molecule has 0 radical (unpaired) electrons. The smallest absolute Gasteiger partial charge is 0.246 e. The van der Waals surface area contributed by atoms with Gasteiger partial charge < -0.3 is 4.90 Å². The number of aryl methyl sites for hydroxylation is 2. The number of hydrogen-bond acceptors (Lipinski definition) is 2. The lowest BCUT2D eigenvalue weighted by molar-refractivity contribution is -0.125. The van der Waals surface area contributed by atoms with Gasteiger partial charge in [0.1, 0.15) is 5.15 Å². The molecule has 0 aliphatic heterocycles. The van der Waals surface area contributed by atoms with Crippen LogP contribution in [0, 0.1) is 6.92 Å². The molecule has 5 heteroatoms. The molecule has 0 saturated carbocycles. The molecular weight excluding hydrogens is 262 g/mol. The molecule has 0 unspecified atom stereocenters. The largest absolute Gasteiger partial charge is 0.335 e. The highest BCUT2D eigenvalue weighted by atomic mass is 35.5. The van der Waals surface area contributed by atoms with Gasteiger partial charge in [-0.25, -0.2) is 0 Å². The average molecular weight is 282 g/mol. The van der Waals surface area contributed by atoms with Gasteiger partial charge in [-0.05, 0) is 26.8 Å². The van der Waals surface area contributed by atoms with E-state index in [0.717, 1.165) is 16.8 Å². The molecular formula is C14H20ClN3O. The van der Waals surface area contributed by atoms with E-state index in [4.69, 9.17) is 11.6 Å². The summed E-state index contributed by atoms with van der Waals surface area (Å²) in [7, 11) is 1.77. The lowest BCUT2D eigenvalue weighted by Gasteiger charge is -2.18. The lowest BCUT2D eigenvalue weighted by Crippen LogP contribution is -2.30. The topological polar surface area (TPSA) is 38.1 Å². The Bertz CT molecular complexity index is 517. The molecule has 0 bridgehead atoms. The Morgan fingerprint density at radius 1 is 1.58 bits per heavy atom. The van der Waals surface area contributed by atoms with Gasteiger partial charge in [-0.1, -0.05) is 23.8 Å². The van der Waals surface area contributed by atoms with Crippen molar-refractivity contribution in [3.8, 4) is 0 Å². The summed E-state index contributed by atoms with van der Waals surface area (Å²) in [5, 5.41) is 4.73. The van der Waals surface area contributed by atoms with Crippen molar-refractivity contribution in [3.63, 3.8) is 0 Å². The fourth-order valence-electron chi connectivity index (χ4n) is 1.77. The van der Waals surface area contributed by atoms with E-state index >= 15 is 0 Å². The van der Waals surface area contributed by atoms with Gasteiger partial charge in [0.05, 0.1) is 5.69 Å². The molecule has 0 fully saturated rings. The molecule has 104 valence electrons. The second kappa shape index (κ2) is 6.57. The normalized spacial score (nSPS) is 11.0. The Balaban J connectivity index is 2.85. The number of carbonyl (C=O) groups is 1. The number of rotatable bonds is 5. The van der Waals surface area contributed by atoms with E-state index in [0.29, 0.717) is 18.2 Å². The fourth-order valence-corrected chi connectivity index (χ4v) is 2.00. The fraction of sp³-hybridized carbons (Fsp3) is 0.429. The van der Waals surface area contributed by atoms with Crippen LogP contribution in [0.4, 0.5) is 0 Å².